The molecule has 2 aromatic carbocycles. The van der Waals surface area contributed by atoms with E-state index in [1.165, 1.54) is 34.3 Å². The fourth-order valence-corrected chi connectivity index (χ4v) is 5.17. The van der Waals surface area contributed by atoms with Crippen molar-refractivity contribution in [2.45, 2.75) is 25.9 Å². The van der Waals surface area contributed by atoms with Gasteiger partial charge in [-0.1, -0.05) is 29.8 Å². The topological polar surface area (TPSA) is 115 Å². The van der Waals surface area contributed by atoms with Crippen LogP contribution in [0, 0.1) is 5.82 Å². The molecule has 1 aliphatic rings. The number of amides is 2. The van der Waals surface area contributed by atoms with Crippen molar-refractivity contribution in [3.05, 3.63) is 76.1 Å². The van der Waals surface area contributed by atoms with E-state index in [1.807, 2.05) is 12.1 Å². The summed E-state index contributed by atoms with van der Waals surface area (Å²) in [6.45, 7) is 3.29. The summed E-state index contributed by atoms with van der Waals surface area (Å²) in [6, 6.07) is 9.12. The zero-order valence-corrected chi connectivity index (χ0v) is 20.6. The van der Waals surface area contributed by atoms with Gasteiger partial charge >= 0.3 is 5.97 Å². The molecule has 2 amide bonds. The van der Waals surface area contributed by atoms with E-state index in [9.17, 15) is 18.8 Å². The van der Waals surface area contributed by atoms with E-state index < -0.39 is 35.7 Å². The molecular formula is C24H19ClFN5O4S. The van der Waals surface area contributed by atoms with Crippen molar-refractivity contribution in [2.24, 2.45) is 0 Å². The van der Waals surface area contributed by atoms with Gasteiger partial charge in [-0.15, -0.1) is 0 Å². The lowest BCUT2D eigenvalue weighted by molar-refractivity contribution is -0.125. The number of hydrogen-bond acceptors (Lipinski definition) is 7. The first-order valence-corrected chi connectivity index (χ1v) is 12.2. The number of halogens is 2. The van der Waals surface area contributed by atoms with Gasteiger partial charge in [-0.25, -0.2) is 14.2 Å². The molecule has 4 aromatic rings. The second-order valence-corrected chi connectivity index (χ2v) is 9.24. The van der Waals surface area contributed by atoms with Gasteiger partial charge in [-0.05, 0) is 49.6 Å². The van der Waals surface area contributed by atoms with Crippen molar-refractivity contribution in [1.29, 1.82) is 0 Å². The van der Waals surface area contributed by atoms with Crippen molar-refractivity contribution in [3.8, 4) is 0 Å². The van der Waals surface area contributed by atoms with Crippen LogP contribution in [0.25, 0.3) is 10.1 Å². The van der Waals surface area contributed by atoms with Crippen molar-refractivity contribution in [1.82, 2.24) is 19.2 Å². The van der Waals surface area contributed by atoms with Crippen LogP contribution in [0.5, 0.6) is 0 Å². The number of esters is 1. The highest BCUT2D eigenvalue weighted by molar-refractivity contribution is 7.13. The highest BCUT2D eigenvalue weighted by Crippen LogP contribution is 2.39. The zero-order valence-electron chi connectivity index (χ0n) is 19.0. The minimum atomic E-state index is -1.00. The average Bonchev–Trinajstić information content (AvgIpc) is 3.45. The van der Waals surface area contributed by atoms with E-state index in [0.717, 1.165) is 4.70 Å². The third-order valence-electron chi connectivity index (χ3n) is 5.83. The predicted molar refractivity (Wildman–Crippen MR) is 132 cm³/mol. The molecule has 36 heavy (non-hydrogen) atoms. The number of anilines is 1. The minimum absolute atomic E-state index is 0.00249. The number of nitrogens with one attached hydrogen (secondary N) is 2. The Labute approximate surface area is 213 Å². The molecule has 0 bridgehead atoms. The van der Waals surface area contributed by atoms with Crippen LogP contribution in [0.1, 0.15) is 58.3 Å². The highest BCUT2D eigenvalue weighted by Gasteiger charge is 2.40. The number of imidazole rings is 1. The Morgan fingerprint density at radius 2 is 2.06 bits per heavy atom. The van der Waals surface area contributed by atoms with Gasteiger partial charge in [0.25, 0.3) is 5.91 Å². The Kier molecular flexibility index (Phi) is 6.19. The van der Waals surface area contributed by atoms with Crippen LogP contribution in [0.4, 0.5) is 10.2 Å². The van der Waals surface area contributed by atoms with E-state index >= 15 is 0 Å². The summed E-state index contributed by atoms with van der Waals surface area (Å²) in [6.07, 6.45) is 0. The minimum Gasteiger partial charge on any atom is -0.460 e. The molecule has 9 nitrogen and oxygen atoms in total. The lowest BCUT2D eigenvalue weighted by Gasteiger charge is -2.31. The van der Waals surface area contributed by atoms with Gasteiger partial charge in [0, 0.05) is 16.0 Å². The van der Waals surface area contributed by atoms with Crippen molar-refractivity contribution >= 4 is 56.8 Å². The van der Waals surface area contributed by atoms with Crippen LogP contribution in [-0.4, -0.2) is 38.3 Å². The Bertz CT molecular complexity index is 1530. The smallest absolute Gasteiger partial charge is 0.374 e. The zero-order chi connectivity index (χ0) is 25.6. The number of fused-ring (bicyclic) bond motifs is 2. The van der Waals surface area contributed by atoms with E-state index in [1.54, 1.807) is 26.0 Å². The maximum atomic E-state index is 14.2. The van der Waals surface area contributed by atoms with Gasteiger partial charge in [0.1, 0.15) is 17.6 Å². The Hall–Kier alpha value is -3.83. The number of rotatable bonds is 5. The number of hydrogen-bond donors (Lipinski definition) is 2. The molecule has 2 unspecified atom stereocenters. The first-order valence-electron chi connectivity index (χ1n) is 11.0. The highest BCUT2D eigenvalue weighted by atomic mass is 35.5. The third-order valence-corrected chi connectivity index (χ3v) is 7.00. The first-order chi connectivity index (χ1) is 17.3. The van der Waals surface area contributed by atoms with E-state index in [2.05, 4.69) is 20.0 Å². The second-order valence-electron chi connectivity index (χ2n) is 8.02. The average molecular weight is 528 g/mol. The van der Waals surface area contributed by atoms with Gasteiger partial charge in [0.2, 0.25) is 11.7 Å². The first kappa shape index (κ1) is 23.9. The molecule has 5 rings (SSSR count). The lowest BCUT2D eigenvalue weighted by Crippen LogP contribution is -2.43. The lowest BCUT2D eigenvalue weighted by atomic mass is 9.99. The molecule has 0 saturated heterocycles. The van der Waals surface area contributed by atoms with Crippen LogP contribution in [0.2, 0.25) is 5.02 Å². The maximum Gasteiger partial charge on any atom is 0.374 e. The maximum absolute atomic E-state index is 14.2. The van der Waals surface area contributed by atoms with Crippen molar-refractivity contribution < 1.29 is 23.5 Å². The van der Waals surface area contributed by atoms with E-state index in [-0.39, 0.29) is 40.2 Å². The summed E-state index contributed by atoms with van der Waals surface area (Å²) in [5.41, 5.74) is 0.678. The van der Waals surface area contributed by atoms with E-state index in [4.69, 9.17) is 16.3 Å². The largest absolute Gasteiger partial charge is 0.460 e. The second kappa shape index (κ2) is 9.32. The van der Waals surface area contributed by atoms with Crippen LogP contribution in [-0.2, 0) is 9.53 Å². The number of carbonyl (C=O) groups is 3. The summed E-state index contributed by atoms with van der Waals surface area (Å²) in [5.74, 6) is -2.53. The summed E-state index contributed by atoms with van der Waals surface area (Å²) >= 11 is 7.54. The molecule has 2 atom stereocenters. The van der Waals surface area contributed by atoms with Crippen LogP contribution < -0.4 is 10.6 Å². The Morgan fingerprint density at radius 3 is 2.83 bits per heavy atom. The summed E-state index contributed by atoms with van der Waals surface area (Å²) in [7, 11) is 0. The van der Waals surface area contributed by atoms with Crippen molar-refractivity contribution in [3.63, 3.8) is 0 Å². The SMILES string of the molecule is CCOC(=O)c1nc(NC(=O)c2nsc3ccccc23)c2n1C(C)C(=O)NC2c1cc(F)ccc1Cl. The molecule has 0 aliphatic carbocycles. The fraction of sp³-hybridized carbons (Fsp3) is 0.208. The molecule has 1 aliphatic heterocycles. The predicted octanol–water partition coefficient (Wildman–Crippen LogP) is 4.49. The van der Waals surface area contributed by atoms with Gasteiger partial charge in [0.15, 0.2) is 5.82 Å². The molecule has 0 spiro atoms. The molecule has 0 saturated carbocycles. The van der Waals surface area contributed by atoms with Crippen LogP contribution in [0.15, 0.2) is 42.5 Å². The number of nitrogens with zero attached hydrogens (tertiary/aromatic N) is 3. The fourth-order valence-electron chi connectivity index (χ4n) is 4.17. The molecule has 3 heterocycles. The van der Waals surface area contributed by atoms with Crippen LogP contribution in [0.3, 0.4) is 0 Å². The summed E-state index contributed by atoms with van der Waals surface area (Å²) in [5, 5.41) is 6.37. The molecule has 2 aromatic heterocycles. The van der Waals surface area contributed by atoms with Gasteiger partial charge in [-0.3, -0.25) is 9.59 Å². The third kappa shape index (κ3) is 3.99. The summed E-state index contributed by atoms with van der Waals surface area (Å²) < 4.78 is 25.8. The monoisotopic (exact) mass is 527 g/mol. The molecule has 0 fully saturated rings. The van der Waals surface area contributed by atoms with E-state index in [0.29, 0.717) is 5.39 Å². The molecule has 12 heteroatoms. The molecular weight excluding hydrogens is 509 g/mol. The normalized spacial score (nSPS) is 16.9. The standard InChI is InChI=1S/C24H19ClFN5O4S/c1-3-35-24(34)21-28-20(29-23(33)18-13-6-4-5-7-16(13)36-30-18)19-17(27-22(32)11(2)31(19)21)14-10-12(26)8-9-15(14)25/h4-11,17H,3H2,1-2H3,(H,27,32)(H,29,33). The van der Waals surface area contributed by atoms with Crippen molar-refractivity contribution in [2.75, 3.05) is 11.9 Å². The number of aromatic nitrogens is 3. The van der Waals surface area contributed by atoms with Gasteiger partial charge < -0.3 is 19.9 Å². The number of ether oxygens (including phenoxy) is 1. The Balaban J connectivity index is 1.67. The molecule has 184 valence electrons. The number of benzene rings is 2. The summed E-state index contributed by atoms with van der Waals surface area (Å²) in [4.78, 5) is 43.3. The van der Waals surface area contributed by atoms with Crippen LogP contribution >= 0.6 is 23.1 Å². The molecule has 0 radical (unpaired) electrons. The molecule has 2 N–H and O–H groups in total. The quantitative estimate of drug-likeness (QED) is 0.369. The van der Waals surface area contributed by atoms with Gasteiger partial charge in [0.05, 0.1) is 23.0 Å². The number of carbonyl (C=O) groups excluding carboxylic acids is 3. The van der Waals surface area contributed by atoms with Gasteiger partial charge in [-0.2, -0.15) is 4.37 Å². The Morgan fingerprint density at radius 1 is 1.28 bits per heavy atom.